The summed E-state index contributed by atoms with van der Waals surface area (Å²) in [6.45, 7) is 8.96. The third-order valence-electron chi connectivity index (χ3n) is 6.55. The first-order valence-corrected chi connectivity index (χ1v) is 14.0. The van der Waals surface area contributed by atoms with Crippen LogP contribution in [-0.4, -0.2) is 53.7 Å². The lowest BCUT2D eigenvalue weighted by Gasteiger charge is -2.29. The van der Waals surface area contributed by atoms with Crippen LogP contribution < -0.4 is 10.1 Å². The van der Waals surface area contributed by atoms with Crippen LogP contribution in [0.5, 0.6) is 5.75 Å². The van der Waals surface area contributed by atoms with Crippen LogP contribution in [-0.2, 0) is 9.53 Å². The molecule has 2 N–H and O–H groups in total. The lowest BCUT2D eigenvalue weighted by Crippen LogP contribution is -2.38. The maximum Gasteiger partial charge on any atom is 0.325 e. The monoisotopic (exact) mass is 574 g/mol. The van der Waals surface area contributed by atoms with Crippen LogP contribution in [0.3, 0.4) is 0 Å². The number of amides is 3. The minimum atomic E-state index is -0.644. The molecule has 2 unspecified atom stereocenters. The maximum atomic E-state index is 14.4. The summed E-state index contributed by atoms with van der Waals surface area (Å²) in [4.78, 5) is 33.6. The molecule has 0 saturated carbocycles. The molecule has 4 aromatic rings. The van der Waals surface area contributed by atoms with E-state index in [-0.39, 0.29) is 24.2 Å². The lowest BCUT2D eigenvalue weighted by atomic mass is 9.91. The third kappa shape index (κ3) is 8.27. The number of carbonyl (C=O) groups is 2. The summed E-state index contributed by atoms with van der Waals surface area (Å²) in [5.41, 5.74) is 2.66. The molecule has 3 aromatic carbocycles. The van der Waals surface area contributed by atoms with E-state index in [0.29, 0.717) is 30.3 Å². The molecular weight excluding hydrogens is 535 g/mol. The first-order valence-electron chi connectivity index (χ1n) is 14.0. The average Bonchev–Trinajstić information content (AvgIpc) is 3.62. The Bertz CT molecular complexity index is 1400. The highest BCUT2D eigenvalue weighted by molar-refractivity contribution is 6.02. The van der Waals surface area contributed by atoms with Crippen molar-refractivity contribution in [2.24, 2.45) is 0 Å². The van der Waals surface area contributed by atoms with Crippen LogP contribution in [0.4, 0.5) is 9.18 Å². The Hall–Kier alpha value is -4.50. The third-order valence-corrected chi connectivity index (χ3v) is 6.55. The normalized spacial score (nSPS) is 13.7. The minimum Gasteiger partial charge on any atom is -0.491 e. The molecule has 0 radical (unpaired) electrons. The molecule has 1 saturated heterocycles. The second-order valence-electron chi connectivity index (χ2n) is 9.39. The Morgan fingerprint density at radius 2 is 1.64 bits per heavy atom. The molecule has 1 fully saturated rings. The van der Waals surface area contributed by atoms with Gasteiger partial charge in [-0.2, -0.15) is 0 Å². The number of benzene rings is 3. The highest BCUT2D eigenvalue weighted by Gasteiger charge is 2.40. The standard InChI is InChI=1S/C22H21FN4O2.C9H12O2.C2H6/c1-13-8-9-16(17(23)10-13)18-11-24-21(26-18)20(27-19(28)12-25-22(27)29)14(2)15-6-4-3-5-7-15;1-10-7-8-11-9-5-3-2-4-6-9;1-2/h3-11,14,20H,12H2,1-2H3,(H,24,26)(H,25,29);2-6H,7-8H2,1H3;1-2H3. The van der Waals surface area contributed by atoms with Crippen LogP contribution in [0.15, 0.2) is 85.1 Å². The fourth-order valence-corrected chi connectivity index (χ4v) is 4.46. The fourth-order valence-electron chi connectivity index (χ4n) is 4.46. The van der Waals surface area contributed by atoms with Crippen molar-refractivity contribution in [3.63, 3.8) is 0 Å². The smallest absolute Gasteiger partial charge is 0.325 e. The molecule has 2 atom stereocenters. The Morgan fingerprint density at radius 3 is 2.24 bits per heavy atom. The topological polar surface area (TPSA) is 96.6 Å². The molecule has 222 valence electrons. The Morgan fingerprint density at radius 1 is 0.976 bits per heavy atom. The number of halogens is 1. The summed E-state index contributed by atoms with van der Waals surface area (Å²) in [7, 11) is 1.66. The summed E-state index contributed by atoms with van der Waals surface area (Å²) >= 11 is 0. The predicted molar refractivity (Wildman–Crippen MR) is 162 cm³/mol. The number of nitrogens with one attached hydrogen (secondary N) is 2. The molecule has 3 amide bonds. The molecule has 42 heavy (non-hydrogen) atoms. The van der Waals surface area contributed by atoms with Crippen molar-refractivity contribution in [1.82, 2.24) is 20.2 Å². The number of hydrogen-bond donors (Lipinski definition) is 2. The van der Waals surface area contributed by atoms with Gasteiger partial charge in [0.1, 0.15) is 30.0 Å². The van der Waals surface area contributed by atoms with E-state index >= 15 is 0 Å². The molecule has 9 heteroatoms. The van der Waals surface area contributed by atoms with E-state index in [4.69, 9.17) is 9.47 Å². The van der Waals surface area contributed by atoms with Crippen LogP contribution >= 0.6 is 0 Å². The van der Waals surface area contributed by atoms with Gasteiger partial charge in [0.05, 0.1) is 25.0 Å². The highest BCUT2D eigenvalue weighted by Crippen LogP contribution is 2.36. The van der Waals surface area contributed by atoms with Crippen LogP contribution in [0, 0.1) is 12.7 Å². The second-order valence-corrected chi connectivity index (χ2v) is 9.39. The van der Waals surface area contributed by atoms with Gasteiger partial charge in [-0.3, -0.25) is 9.69 Å². The lowest BCUT2D eigenvalue weighted by molar-refractivity contribution is -0.127. The van der Waals surface area contributed by atoms with Crippen LogP contribution in [0.25, 0.3) is 11.3 Å². The summed E-state index contributed by atoms with van der Waals surface area (Å²) in [5.74, 6) is 0.433. The fraction of sp³-hybridized carbons (Fsp3) is 0.303. The van der Waals surface area contributed by atoms with Gasteiger partial charge < -0.3 is 19.8 Å². The number of para-hydroxylation sites is 1. The number of urea groups is 1. The number of carbonyl (C=O) groups excluding carboxylic acids is 2. The van der Waals surface area contributed by atoms with Gasteiger partial charge >= 0.3 is 6.03 Å². The van der Waals surface area contributed by atoms with Crippen molar-refractivity contribution in [3.8, 4) is 17.0 Å². The number of hydrogen-bond acceptors (Lipinski definition) is 5. The molecule has 1 aliphatic rings. The minimum absolute atomic E-state index is 0.0446. The van der Waals surface area contributed by atoms with Gasteiger partial charge in [-0.05, 0) is 42.3 Å². The summed E-state index contributed by atoms with van der Waals surface area (Å²) in [6, 6.07) is 23.2. The van der Waals surface area contributed by atoms with Crippen LogP contribution in [0.1, 0.15) is 49.7 Å². The first-order chi connectivity index (χ1) is 20.4. The zero-order valence-corrected chi connectivity index (χ0v) is 24.8. The van der Waals surface area contributed by atoms with Gasteiger partial charge in [0.25, 0.3) is 5.91 Å². The maximum absolute atomic E-state index is 14.4. The van der Waals surface area contributed by atoms with Gasteiger partial charge in [0, 0.05) is 18.6 Å². The Balaban J connectivity index is 0.000000313. The van der Waals surface area contributed by atoms with Crippen molar-refractivity contribution in [1.29, 1.82) is 0 Å². The number of aromatic amines is 1. The Labute approximate surface area is 246 Å². The van der Waals surface area contributed by atoms with Gasteiger partial charge in [-0.15, -0.1) is 0 Å². The zero-order chi connectivity index (χ0) is 30.5. The van der Waals surface area contributed by atoms with E-state index in [2.05, 4.69) is 15.3 Å². The second kappa shape index (κ2) is 16.1. The number of ether oxygens (including phenoxy) is 2. The number of aromatic nitrogens is 2. The van der Waals surface area contributed by atoms with E-state index < -0.39 is 12.1 Å². The van der Waals surface area contributed by atoms with Gasteiger partial charge in [0.2, 0.25) is 0 Å². The Kier molecular flexibility index (Phi) is 12.3. The van der Waals surface area contributed by atoms with Crippen molar-refractivity contribution >= 4 is 11.9 Å². The van der Waals surface area contributed by atoms with Gasteiger partial charge in [-0.25, -0.2) is 14.2 Å². The number of methoxy groups -OCH3 is 1. The quantitative estimate of drug-likeness (QED) is 0.172. The summed E-state index contributed by atoms with van der Waals surface area (Å²) in [5, 5.41) is 2.57. The molecule has 1 aliphatic heterocycles. The molecule has 8 nitrogen and oxygen atoms in total. The van der Waals surface area contributed by atoms with Gasteiger partial charge in [-0.1, -0.05) is 75.4 Å². The van der Waals surface area contributed by atoms with Crippen molar-refractivity contribution < 1.29 is 23.5 Å². The van der Waals surface area contributed by atoms with Gasteiger partial charge in [0.15, 0.2) is 0 Å². The van der Waals surface area contributed by atoms with E-state index in [1.54, 1.807) is 13.2 Å². The largest absolute Gasteiger partial charge is 0.491 e. The summed E-state index contributed by atoms with van der Waals surface area (Å²) in [6.07, 6.45) is 1.53. The molecule has 5 rings (SSSR count). The molecule has 0 spiro atoms. The average molecular weight is 575 g/mol. The molecular formula is C33H39FN4O4. The van der Waals surface area contributed by atoms with E-state index in [0.717, 1.165) is 16.9 Å². The SMILES string of the molecule is CC.COCCOc1ccccc1.Cc1ccc(-c2cnc(C(C(C)c3ccccc3)N3C(=O)CNC3=O)[nH]2)c(F)c1. The number of H-pyrrole nitrogens is 1. The first kappa shape index (κ1) is 32.0. The van der Waals surface area contributed by atoms with Crippen molar-refractivity contribution in [3.05, 3.63) is 108 Å². The number of rotatable bonds is 9. The number of aryl methyl sites for hydroxylation is 1. The van der Waals surface area contributed by atoms with Crippen molar-refractivity contribution in [2.75, 3.05) is 26.9 Å². The summed E-state index contributed by atoms with van der Waals surface area (Å²) < 4.78 is 24.6. The van der Waals surface area contributed by atoms with E-state index in [1.807, 2.05) is 94.4 Å². The molecule has 2 heterocycles. The van der Waals surface area contributed by atoms with Crippen LogP contribution in [0.2, 0.25) is 0 Å². The van der Waals surface area contributed by atoms with Crippen molar-refractivity contribution in [2.45, 2.75) is 39.7 Å². The zero-order valence-electron chi connectivity index (χ0n) is 24.8. The highest BCUT2D eigenvalue weighted by atomic mass is 19.1. The van der Waals surface area contributed by atoms with E-state index in [9.17, 15) is 14.0 Å². The molecule has 0 bridgehead atoms. The van der Waals surface area contributed by atoms with E-state index in [1.165, 1.54) is 17.2 Å². The predicted octanol–water partition coefficient (Wildman–Crippen LogP) is 6.66. The molecule has 0 aliphatic carbocycles. The molecule has 1 aromatic heterocycles. The number of nitrogens with zero attached hydrogens (tertiary/aromatic N) is 2. The number of imidazole rings is 1. The number of imide groups is 1.